The molecule has 5 nitrogen and oxygen atoms in total. The Morgan fingerprint density at radius 3 is 2.60 bits per heavy atom. The number of hydrazone groups is 1. The minimum Gasteiger partial charge on any atom is -0.493 e. The average Bonchev–Trinajstić information content (AvgIpc) is 2.74. The molecule has 3 aromatic rings. The number of methoxy groups -OCH3 is 1. The van der Waals surface area contributed by atoms with Crippen molar-refractivity contribution >= 4 is 46.3 Å². The van der Waals surface area contributed by atoms with Crippen LogP contribution >= 0.6 is 34.2 Å². The zero-order valence-corrected chi connectivity index (χ0v) is 19.4. The van der Waals surface area contributed by atoms with E-state index in [1.807, 2.05) is 61.5 Å². The van der Waals surface area contributed by atoms with Crippen LogP contribution < -0.4 is 14.9 Å². The molecule has 154 valence electrons. The highest BCUT2D eigenvalue weighted by molar-refractivity contribution is 14.1. The van der Waals surface area contributed by atoms with Crippen LogP contribution in [0.3, 0.4) is 0 Å². The lowest BCUT2D eigenvalue weighted by Crippen LogP contribution is -2.18. The van der Waals surface area contributed by atoms with E-state index in [1.54, 1.807) is 19.4 Å². The van der Waals surface area contributed by atoms with Gasteiger partial charge in [0, 0.05) is 10.6 Å². The van der Waals surface area contributed by atoms with Gasteiger partial charge in [0.15, 0.2) is 11.5 Å². The number of amides is 1. The Bertz CT molecular complexity index is 1070. The smallest absolute Gasteiger partial charge is 0.271 e. The maximum atomic E-state index is 12.3. The molecule has 0 fully saturated rings. The van der Waals surface area contributed by atoms with Crippen molar-refractivity contribution in [2.75, 3.05) is 7.11 Å². The maximum absolute atomic E-state index is 12.3. The molecular formula is C23H20ClIN2O3. The molecule has 0 aliphatic heterocycles. The van der Waals surface area contributed by atoms with E-state index in [4.69, 9.17) is 21.1 Å². The summed E-state index contributed by atoms with van der Waals surface area (Å²) in [6.45, 7) is 2.28. The van der Waals surface area contributed by atoms with Crippen LogP contribution in [-0.2, 0) is 6.61 Å². The van der Waals surface area contributed by atoms with Gasteiger partial charge in [0.25, 0.3) is 5.91 Å². The first-order chi connectivity index (χ1) is 14.5. The third kappa shape index (κ3) is 5.73. The Hall–Kier alpha value is -2.58. The van der Waals surface area contributed by atoms with E-state index in [0.29, 0.717) is 28.7 Å². The van der Waals surface area contributed by atoms with Gasteiger partial charge in [-0.25, -0.2) is 5.43 Å². The number of aryl methyl sites for hydroxylation is 1. The standard InChI is InChI=1S/C23H20ClIN2O3/c1-15-5-3-4-6-19(15)23(28)27-26-13-17-11-20(25)22(21(12-17)29-2)30-14-16-7-9-18(24)10-8-16/h3-13H,14H2,1-2H3,(H,27,28)/b26-13-. The molecule has 0 atom stereocenters. The summed E-state index contributed by atoms with van der Waals surface area (Å²) in [7, 11) is 1.58. The Kier molecular flexibility index (Phi) is 7.70. The second-order valence-corrected chi connectivity index (χ2v) is 8.06. The van der Waals surface area contributed by atoms with E-state index >= 15 is 0 Å². The highest BCUT2D eigenvalue weighted by atomic mass is 127. The van der Waals surface area contributed by atoms with Crippen molar-refractivity contribution in [1.82, 2.24) is 5.43 Å². The van der Waals surface area contributed by atoms with Gasteiger partial charge in [0.2, 0.25) is 0 Å². The number of carbonyl (C=O) groups excluding carboxylic acids is 1. The van der Waals surface area contributed by atoms with Crippen molar-refractivity contribution in [2.45, 2.75) is 13.5 Å². The maximum Gasteiger partial charge on any atom is 0.271 e. The highest BCUT2D eigenvalue weighted by Crippen LogP contribution is 2.34. The number of carbonyl (C=O) groups is 1. The van der Waals surface area contributed by atoms with Crippen LogP contribution in [0.25, 0.3) is 0 Å². The predicted octanol–water partition coefficient (Wildman–Crippen LogP) is 5.60. The van der Waals surface area contributed by atoms with Gasteiger partial charge in [-0.2, -0.15) is 5.10 Å². The predicted molar refractivity (Wildman–Crippen MR) is 128 cm³/mol. The SMILES string of the molecule is COc1cc(/C=N\NC(=O)c2ccccc2C)cc(I)c1OCc1ccc(Cl)cc1. The lowest BCUT2D eigenvalue weighted by molar-refractivity contribution is 0.0954. The molecule has 7 heteroatoms. The van der Waals surface area contributed by atoms with Crippen LogP contribution in [0.15, 0.2) is 65.8 Å². The van der Waals surface area contributed by atoms with Crippen LogP contribution in [0.4, 0.5) is 0 Å². The minimum absolute atomic E-state index is 0.256. The van der Waals surface area contributed by atoms with Gasteiger partial charge >= 0.3 is 0 Å². The van der Waals surface area contributed by atoms with Crippen LogP contribution in [0, 0.1) is 10.5 Å². The zero-order valence-electron chi connectivity index (χ0n) is 16.5. The number of halogens is 2. The van der Waals surface area contributed by atoms with Crippen LogP contribution in [-0.4, -0.2) is 19.2 Å². The van der Waals surface area contributed by atoms with Gasteiger partial charge in [-0.05, 0) is 76.5 Å². The third-order valence-corrected chi connectivity index (χ3v) is 5.37. The van der Waals surface area contributed by atoms with E-state index in [0.717, 1.165) is 20.3 Å². The topological polar surface area (TPSA) is 59.9 Å². The quantitative estimate of drug-likeness (QED) is 0.244. The molecule has 3 aromatic carbocycles. The molecule has 0 saturated heterocycles. The number of benzene rings is 3. The summed E-state index contributed by atoms with van der Waals surface area (Å²) in [5, 5.41) is 4.75. The van der Waals surface area contributed by atoms with Crippen molar-refractivity contribution in [3.63, 3.8) is 0 Å². The van der Waals surface area contributed by atoms with Gasteiger partial charge in [-0.15, -0.1) is 0 Å². The molecule has 0 unspecified atom stereocenters. The molecule has 0 aliphatic rings. The van der Waals surface area contributed by atoms with Crippen molar-refractivity contribution < 1.29 is 14.3 Å². The lowest BCUT2D eigenvalue weighted by Gasteiger charge is -2.13. The van der Waals surface area contributed by atoms with Gasteiger partial charge in [-0.3, -0.25) is 4.79 Å². The second kappa shape index (κ2) is 10.4. The molecule has 3 rings (SSSR count). The molecule has 0 radical (unpaired) electrons. The number of hydrogen-bond donors (Lipinski definition) is 1. The zero-order chi connectivity index (χ0) is 21.5. The molecule has 0 aliphatic carbocycles. The molecular weight excluding hydrogens is 515 g/mol. The van der Waals surface area contributed by atoms with Gasteiger partial charge in [0.05, 0.1) is 16.9 Å². The van der Waals surface area contributed by atoms with E-state index in [-0.39, 0.29) is 5.91 Å². The Balaban J connectivity index is 1.70. The normalized spacial score (nSPS) is 10.8. The fourth-order valence-electron chi connectivity index (χ4n) is 2.74. The Morgan fingerprint density at radius 2 is 1.90 bits per heavy atom. The summed E-state index contributed by atoms with van der Waals surface area (Å²) < 4.78 is 12.3. The molecule has 0 heterocycles. The summed E-state index contributed by atoms with van der Waals surface area (Å²) >= 11 is 8.11. The first-order valence-corrected chi connectivity index (χ1v) is 10.6. The summed E-state index contributed by atoms with van der Waals surface area (Å²) in [5.74, 6) is 0.977. The highest BCUT2D eigenvalue weighted by Gasteiger charge is 2.12. The number of nitrogens with zero attached hydrogens (tertiary/aromatic N) is 1. The Labute approximate surface area is 194 Å². The van der Waals surface area contributed by atoms with Gasteiger partial charge in [-0.1, -0.05) is 41.9 Å². The number of rotatable bonds is 7. The first-order valence-electron chi connectivity index (χ1n) is 9.11. The molecule has 1 N–H and O–H groups in total. The van der Waals surface area contributed by atoms with E-state index in [1.165, 1.54) is 0 Å². The van der Waals surface area contributed by atoms with Crippen LogP contribution in [0.2, 0.25) is 5.02 Å². The summed E-state index contributed by atoms with van der Waals surface area (Å²) in [4.78, 5) is 12.3. The van der Waals surface area contributed by atoms with Crippen molar-refractivity contribution in [3.05, 3.63) is 91.5 Å². The van der Waals surface area contributed by atoms with Gasteiger partial charge in [0.1, 0.15) is 6.61 Å². The number of ether oxygens (including phenoxy) is 2. The fourth-order valence-corrected chi connectivity index (χ4v) is 3.65. The van der Waals surface area contributed by atoms with Crippen molar-refractivity contribution in [3.8, 4) is 11.5 Å². The molecule has 0 bridgehead atoms. The van der Waals surface area contributed by atoms with E-state index < -0.39 is 0 Å². The van der Waals surface area contributed by atoms with Gasteiger partial charge < -0.3 is 9.47 Å². The molecule has 0 spiro atoms. The Morgan fingerprint density at radius 1 is 1.17 bits per heavy atom. The van der Waals surface area contributed by atoms with Crippen LogP contribution in [0.5, 0.6) is 11.5 Å². The van der Waals surface area contributed by atoms with E-state index in [9.17, 15) is 4.79 Å². The molecule has 30 heavy (non-hydrogen) atoms. The van der Waals surface area contributed by atoms with Crippen LogP contribution in [0.1, 0.15) is 27.0 Å². The summed E-state index contributed by atoms with van der Waals surface area (Å²) in [6.07, 6.45) is 1.57. The first kappa shape index (κ1) is 22.1. The monoisotopic (exact) mass is 534 g/mol. The molecule has 0 aromatic heterocycles. The summed E-state index contributed by atoms with van der Waals surface area (Å²) in [5.41, 5.74) is 5.82. The van der Waals surface area contributed by atoms with Crippen molar-refractivity contribution in [1.29, 1.82) is 0 Å². The lowest BCUT2D eigenvalue weighted by atomic mass is 10.1. The van der Waals surface area contributed by atoms with Crippen molar-refractivity contribution in [2.24, 2.45) is 5.10 Å². The number of nitrogens with one attached hydrogen (secondary N) is 1. The molecule has 0 saturated carbocycles. The fraction of sp³-hybridized carbons (Fsp3) is 0.130. The molecule has 1 amide bonds. The third-order valence-electron chi connectivity index (χ3n) is 4.32. The second-order valence-electron chi connectivity index (χ2n) is 6.46. The average molecular weight is 535 g/mol. The largest absolute Gasteiger partial charge is 0.493 e. The van der Waals surface area contributed by atoms with E-state index in [2.05, 4.69) is 33.1 Å². The number of hydrogen-bond acceptors (Lipinski definition) is 4. The minimum atomic E-state index is -0.256. The summed E-state index contributed by atoms with van der Waals surface area (Å²) in [6, 6.07) is 18.6.